The van der Waals surface area contributed by atoms with Crippen molar-refractivity contribution in [2.45, 2.75) is 13.3 Å². The average Bonchev–Trinajstić information content (AvgIpc) is 2.76. The molecule has 0 N–H and O–H groups in total. The molecule has 0 aliphatic carbocycles. The Morgan fingerprint density at radius 1 is 0.655 bits per heavy atom. The second-order valence-electron chi connectivity index (χ2n) is 8.25. The summed E-state index contributed by atoms with van der Waals surface area (Å²) in [6.07, 6.45) is 1.26. The number of benzene rings is 2. The van der Waals surface area contributed by atoms with Crippen LogP contribution in [0.25, 0.3) is 0 Å². The Labute approximate surface area is 180 Å². The summed E-state index contributed by atoms with van der Waals surface area (Å²) in [5.41, 5.74) is 3.97. The van der Waals surface area contributed by atoms with Crippen LogP contribution in [0.1, 0.15) is 12.0 Å². The first kappa shape index (κ1) is 20.5. The van der Waals surface area contributed by atoms with Gasteiger partial charge in [-0.1, -0.05) is 41.9 Å². The maximum absolute atomic E-state index is 6.36. The van der Waals surface area contributed by atoms with E-state index in [1.165, 1.54) is 49.5 Å². The van der Waals surface area contributed by atoms with Gasteiger partial charge in [-0.15, -0.1) is 0 Å². The highest BCUT2D eigenvalue weighted by atomic mass is 35.5. The van der Waals surface area contributed by atoms with E-state index in [1.54, 1.807) is 0 Å². The summed E-state index contributed by atoms with van der Waals surface area (Å²) in [6, 6.07) is 17.0. The van der Waals surface area contributed by atoms with Gasteiger partial charge in [0.25, 0.3) is 0 Å². The van der Waals surface area contributed by atoms with E-state index in [4.69, 9.17) is 11.6 Å². The van der Waals surface area contributed by atoms with Crippen LogP contribution in [0.3, 0.4) is 0 Å². The molecule has 0 radical (unpaired) electrons. The SMILES string of the molecule is Cc1ccccc1N1CCN(CCCN2CCN(c3ccccc3Cl)CC2)CC1. The molecule has 2 fully saturated rings. The summed E-state index contributed by atoms with van der Waals surface area (Å²) >= 11 is 6.36. The Morgan fingerprint density at radius 3 is 1.69 bits per heavy atom. The Morgan fingerprint density at radius 2 is 1.14 bits per heavy atom. The number of hydrogen-bond donors (Lipinski definition) is 0. The lowest BCUT2D eigenvalue weighted by atomic mass is 10.1. The third kappa shape index (κ3) is 5.25. The molecule has 4 rings (SSSR count). The number of nitrogens with zero attached hydrogens (tertiary/aromatic N) is 4. The van der Waals surface area contributed by atoms with E-state index in [9.17, 15) is 0 Å². The maximum Gasteiger partial charge on any atom is 0.0639 e. The van der Waals surface area contributed by atoms with Crippen LogP contribution in [0.5, 0.6) is 0 Å². The molecule has 0 bridgehead atoms. The monoisotopic (exact) mass is 412 g/mol. The van der Waals surface area contributed by atoms with E-state index in [0.29, 0.717) is 0 Å². The largest absolute Gasteiger partial charge is 0.369 e. The first-order valence-corrected chi connectivity index (χ1v) is 11.3. The molecule has 2 aromatic rings. The average molecular weight is 413 g/mol. The van der Waals surface area contributed by atoms with E-state index in [2.05, 4.69) is 62.9 Å². The molecule has 2 heterocycles. The molecule has 4 nitrogen and oxygen atoms in total. The van der Waals surface area contributed by atoms with Gasteiger partial charge < -0.3 is 9.80 Å². The summed E-state index contributed by atoms with van der Waals surface area (Å²) in [4.78, 5) is 10.2. The minimum Gasteiger partial charge on any atom is -0.369 e. The fraction of sp³-hybridized carbons (Fsp3) is 0.500. The second kappa shape index (κ2) is 9.84. The molecule has 0 saturated carbocycles. The predicted molar refractivity (Wildman–Crippen MR) is 125 cm³/mol. The van der Waals surface area contributed by atoms with Crippen molar-refractivity contribution < 1.29 is 0 Å². The Balaban J connectivity index is 1.15. The predicted octanol–water partition coefficient (Wildman–Crippen LogP) is 3.98. The molecule has 0 aromatic heterocycles. The lowest BCUT2D eigenvalue weighted by molar-refractivity contribution is 0.213. The molecule has 0 spiro atoms. The molecule has 5 heteroatoms. The van der Waals surface area contributed by atoms with Gasteiger partial charge in [0, 0.05) is 58.0 Å². The van der Waals surface area contributed by atoms with Crippen molar-refractivity contribution in [3.63, 3.8) is 0 Å². The summed E-state index contributed by atoms with van der Waals surface area (Å²) < 4.78 is 0. The summed E-state index contributed by atoms with van der Waals surface area (Å²) in [5, 5.41) is 0.866. The van der Waals surface area contributed by atoms with E-state index in [0.717, 1.165) is 44.3 Å². The second-order valence-corrected chi connectivity index (χ2v) is 8.66. The molecular formula is C24H33ClN4. The molecule has 2 aliphatic rings. The Hall–Kier alpha value is -1.75. The molecule has 0 atom stereocenters. The molecule has 2 saturated heterocycles. The zero-order valence-electron chi connectivity index (χ0n) is 17.6. The van der Waals surface area contributed by atoms with Crippen molar-refractivity contribution >= 4 is 23.0 Å². The zero-order chi connectivity index (χ0) is 20.1. The molecule has 2 aromatic carbocycles. The first-order chi connectivity index (χ1) is 14.2. The highest BCUT2D eigenvalue weighted by Crippen LogP contribution is 2.26. The lowest BCUT2D eigenvalue weighted by Gasteiger charge is -2.38. The highest BCUT2D eigenvalue weighted by molar-refractivity contribution is 6.33. The van der Waals surface area contributed by atoms with Crippen molar-refractivity contribution in [2.75, 3.05) is 75.2 Å². The lowest BCUT2D eigenvalue weighted by Crippen LogP contribution is -2.49. The maximum atomic E-state index is 6.36. The summed E-state index contributed by atoms with van der Waals surface area (Å²) in [5.74, 6) is 0. The minimum atomic E-state index is 0.866. The van der Waals surface area contributed by atoms with Gasteiger partial charge in [0.1, 0.15) is 0 Å². The van der Waals surface area contributed by atoms with Crippen LogP contribution >= 0.6 is 11.6 Å². The first-order valence-electron chi connectivity index (χ1n) is 11.0. The van der Waals surface area contributed by atoms with Crippen LogP contribution < -0.4 is 9.80 Å². The number of halogens is 1. The topological polar surface area (TPSA) is 13.0 Å². The molecular weight excluding hydrogens is 380 g/mol. The number of aryl methyl sites for hydroxylation is 1. The van der Waals surface area contributed by atoms with E-state index < -0.39 is 0 Å². The van der Waals surface area contributed by atoms with Gasteiger partial charge in [-0.2, -0.15) is 0 Å². The molecule has 156 valence electrons. The van der Waals surface area contributed by atoms with Crippen molar-refractivity contribution in [1.82, 2.24) is 9.80 Å². The molecule has 0 unspecified atom stereocenters. The van der Waals surface area contributed by atoms with Gasteiger partial charge in [-0.05, 0) is 50.2 Å². The number of piperazine rings is 2. The van der Waals surface area contributed by atoms with Gasteiger partial charge >= 0.3 is 0 Å². The number of hydrogen-bond acceptors (Lipinski definition) is 4. The van der Waals surface area contributed by atoms with Crippen LogP contribution in [0.4, 0.5) is 11.4 Å². The van der Waals surface area contributed by atoms with E-state index >= 15 is 0 Å². The van der Waals surface area contributed by atoms with Crippen LogP contribution in [-0.2, 0) is 0 Å². The zero-order valence-corrected chi connectivity index (χ0v) is 18.3. The third-order valence-corrected chi connectivity index (χ3v) is 6.66. The van der Waals surface area contributed by atoms with Gasteiger partial charge in [0.2, 0.25) is 0 Å². The van der Waals surface area contributed by atoms with Gasteiger partial charge in [-0.25, -0.2) is 0 Å². The van der Waals surface area contributed by atoms with E-state index in [1.807, 2.05) is 12.1 Å². The number of para-hydroxylation sites is 2. The van der Waals surface area contributed by atoms with Crippen LogP contribution in [-0.4, -0.2) is 75.2 Å². The molecule has 29 heavy (non-hydrogen) atoms. The van der Waals surface area contributed by atoms with Crippen molar-refractivity contribution in [3.8, 4) is 0 Å². The highest BCUT2D eigenvalue weighted by Gasteiger charge is 2.20. The van der Waals surface area contributed by atoms with Crippen LogP contribution in [0.15, 0.2) is 48.5 Å². The summed E-state index contributed by atoms with van der Waals surface area (Å²) in [7, 11) is 0. The fourth-order valence-corrected chi connectivity index (χ4v) is 4.82. The van der Waals surface area contributed by atoms with Gasteiger partial charge in [-0.3, -0.25) is 9.80 Å². The Bertz CT molecular complexity index is 714. The van der Waals surface area contributed by atoms with Gasteiger partial charge in [0.15, 0.2) is 0 Å². The number of rotatable bonds is 6. The standard InChI is InChI=1S/C24H33ClN4/c1-21-7-2-4-9-23(21)28-17-13-26(14-18-28)11-6-12-27-15-19-29(20-16-27)24-10-5-3-8-22(24)25/h2-5,7-10H,6,11-20H2,1H3. The van der Waals surface area contributed by atoms with Crippen molar-refractivity contribution in [1.29, 1.82) is 0 Å². The summed E-state index contributed by atoms with van der Waals surface area (Å²) in [6.45, 7) is 13.7. The molecule has 2 aliphatic heterocycles. The smallest absolute Gasteiger partial charge is 0.0639 e. The minimum absolute atomic E-state index is 0.866. The van der Waals surface area contributed by atoms with Gasteiger partial charge in [0.05, 0.1) is 10.7 Å². The van der Waals surface area contributed by atoms with Crippen LogP contribution in [0, 0.1) is 6.92 Å². The van der Waals surface area contributed by atoms with Crippen molar-refractivity contribution in [3.05, 3.63) is 59.1 Å². The molecule has 0 amide bonds. The van der Waals surface area contributed by atoms with E-state index in [-0.39, 0.29) is 0 Å². The normalized spacial score (nSPS) is 19.0. The quantitative estimate of drug-likeness (QED) is 0.711. The van der Waals surface area contributed by atoms with Crippen molar-refractivity contribution in [2.24, 2.45) is 0 Å². The third-order valence-electron chi connectivity index (χ3n) is 6.34. The Kier molecular flexibility index (Phi) is 6.96. The van der Waals surface area contributed by atoms with Crippen LogP contribution in [0.2, 0.25) is 5.02 Å². The number of anilines is 2. The fourth-order valence-electron chi connectivity index (χ4n) is 4.57.